The lowest BCUT2D eigenvalue weighted by Gasteiger charge is -2.21. The number of nitrogens with zero attached hydrogens (tertiary/aromatic N) is 1. The van der Waals surface area contributed by atoms with Gasteiger partial charge < -0.3 is 10.1 Å². The van der Waals surface area contributed by atoms with Gasteiger partial charge in [0.15, 0.2) is 6.61 Å². The average Bonchev–Trinajstić information content (AvgIpc) is 2.55. The number of amides is 3. The van der Waals surface area contributed by atoms with Gasteiger partial charge in [0, 0.05) is 6.92 Å². The van der Waals surface area contributed by atoms with Crippen LogP contribution in [0.15, 0.2) is 24.3 Å². The molecule has 8 heteroatoms. The fourth-order valence-corrected chi connectivity index (χ4v) is 1.77. The molecule has 3 N–H and O–H groups in total. The molecule has 24 heavy (non-hydrogen) atoms. The monoisotopic (exact) mass is 332 g/mol. The van der Waals surface area contributed by atoms with Crippen LogP contribution in [0.25, 0.3) is 0 Å². The van der Waals surface area contributed by atoms with E-state index in [9.17, 15) is 14.4 Å². The summed E-state index contributed by atoms with van der Waals surface area (Å²) in [6.45, 7) is 4.55. The van der Waals surface area contributed by atoms with Crippen molar-refractivity contribution in [2.45, 2.75) is 26.8 Å². The summed E-state index contributed by atoms with van der Waals surface area (Å²) >= 11 is 0. The lowest BCUT2D eigenvalue weighted by molar-refractivity contribution is -0.133. The zero-order valence-electron chi connectivity index (χ0n) is 13.8. The highest BCUT2D eigenvalue weighted by Crippen LogP contribution is 2.11. The summed E-state index contributed by atoms with van der Waals surface area (Å²) in [5.74, 6) is -1.13. The molecule has 0 radical (unpaired) electrons. The number of hydrogen-bond acceptors (Lipinski definition) is 5. The zero-order chi connectivity index (χ0) is 18.1. The molecule has 0 aliphatic heterocycles. The van der Waals surface area contributed by atoms with E-state index in [1.165, 1.54) is 6.92 Å². The minimum atomic E-state index is -0.748. The van der Waals surface area contributed by atoms with E-state index in [1.807, 2.05) is 6.07 Å². The van der Waals surface area contributed by atoms with Crippen LogP contribution in [-0.2, 0) is 14.4 Å². The second kappa shape index (κ2) is 9.15. The largest absolute Gasteiger partial charge is 0.484 e. The Morgan fingerprint density at radius 2 is 1.79 bits per heavy atom. The van der Waals surface area contributed by atoms with Crippen molar-refractivity contribution >= 4 is 17.7 Å². The number of nitrogens with one attached hydrogen (secondary N) is 3. The molecule has 1 aromatic rings. The van der Waals surface area contributed by atoms with Gasteiger partial charge in [-0.15, -0.1) is 0 Å². The van der Waals surface area contributed by atoms with Gasteiger partial charge in [-0.25, -0.2) is 0 Å². The Morgan fingerprint density at radius 3 is 2.29 bits per heavy atom. The lowest BCUT2D eigenvalue weighted by atomic mass is 10.0. The topological polar surface area (TPSA) is 120 Å². The van der Waals surface area contributed by atoms with E-state index in [1.54, 1.807) is 38.1 Å². The molecule has 0 saturated heterocycles. The van der Waals surface area contributed by atoms with Gasteiger partial charge in [0.1, 0.15) is 11.8 Å². The lowest BCUT2D eigenvalue weighted by Crippen LogP contribution is -2.54. The smallest absolute Gasteiger partial charge is 0.276 e. The molecule has 0 aromatic heterocycles. The van der Waals surface area contributed by atoms with Crippen LogP contribution in [0.1, 0.15) is 26.3 Å². The van der Waals surface area contributed by atoms with E-state index >= 15 is 0 Å². The zero-order valence-corrected chi connectivity index (χ0v) is 13.8. The Hall–Kier alpha value is -3.08. The molecule has 8 nitrogen and oxygen atoms in total. The molecular formula is C16H20N4O4. The second-order valence-corrected chi connectivity index (χ2v) is 5.38. The summed E-state index contributed by atoms with van der Waals surface area (Å²) < 4.78 is 5.23. The molecule has 1 aromatic carbocycles. The van der Waals surface area contributed by atoms with Crippen molar-refractivity contribution in [2.75, 3.05) is 6.61 Å². The normalized spacial score (nSPS) is 11.1. The minimum Gasteiger partial charge on any atom is -0.484 e. The first kappa shape index (κ1) is 19.0. The molecule has 0 bridgehead atoms. The summed E-state index contributed by atoms with van der Waals surface area (Å²) in [6, 6.07) is 7.49. The first-order chi connectivity index (χ1) is 11.3. The Kier molecular flexibility index (Phi) is 7.23. The van der Waals surface area contributed by atoms with E-state index < -0.39 is 17.9 Å². The third kappa shape index (κ3) is 6.36. The van der Waals surface area contributed by atoms with Gasteiger partial charge in [0.2, 0.25) is 5.91 Å². The van der Waals surface area contributed by atoms with Crippen LogP contribution >= 0.6 is 0 Å². The van der Waals surface area contributed by atoms with Crippen LogP contribution in [0, 0.1) is 17.2 Å². The van der Waals surface area contributed by atoms with Crippen LogP contribution in [0.5, 0.6) is 5.75 Å². The molecule has 0 aliphatic carbocycles. The third-order valence-electron chi connectivity index (χ3n) is 2.99. The van der Waals surface area contributed by atoms with Crippen molar-refractivity contribution in [2.24, 2.45) is 5.92 Å². The molecule has 3 amide bonds. The second-order valence-electron chi connectivity index (χ2n) is 5.38. The van der Waals surface area contributed by atoms with Crippen molar-refractivity contribution in [1.29, 1.82) is 5.26 Å². The van der Waals surface area contributed by atoms with Gasteiger partial charge in [0.05, 0.1) is 11.6 Å². The summed E-state index contributed by atoms with van der Waals surface area (Å²) in [7, 11) is 0. The van der Waals surface area contributed by atoms with Gasteiger partial charge in [0.25, 0.3) is 11.8 Å². The molecule has 0 fully saturated rings. The van der Waals surface area contributed by atoms with Crippen LogP contribution in [0.3, 0.4) is 0 Å². The maximum absolute atomic E-state index is 12.0. The number of carbonyl (C=O) groups excluding carboxylic acids is 3. The number of rotatable bonds is 6. The van der Waals surface area contributed by atoms with Crippen molar-refractivity contribution in [3.05, 3.63) is 29.8 Å². The number of carbonyl (C=O) groups is 3. The molecule has 0 aliphatic rings. The Labute approximate surface area is 140 Å². The molecule has 0 saturated carbocycles. The number of hydrogen-bond donors (Lipinski definition) is 3. The van der Waals surface area contributed by atoms with E-state index in [0.29, 0.717) is 11.3 Å². The molecule has 128 valence electrons. The number of ether oxygens (including phenoxy) is 1. The highest BCUT2D eigenvalue weighted by Gasteiger charge is 2.23. The van der Waals surface area contributed by atoms with Crippen LogP contribution in [-0.4, -0.2) is 30.4 Å². The molecule has 0 heterocycles. The fourth-order valence-electron chi connectivity index (χ4n) is 1.77. The maximum Gasteiger partial charge on any atom is 0.276 e. The van der Waals surface area contributed by atoms with Gasteiger partial charge in [-0.2, -0.15) is 5.26 Å². The van der Waals surface area contributed by atoms with E-state index in [-0.39, 0.29) is 18.4 Å². The van der Waals surface area contributed by atoms with Crippen molar-refractivity contribution in [3.63, 3.8) is 0 Å². The van der Waals surface area contributed by atoms with Crippen LogP contribution < -0.4 is 20.9 Å². The highest BCUT2D eigenvalue weighted by molar-refractivity contribution is 5.89. The Balaban J connectivity index is 2.42. The first-order valence-electron chi connectivity index (χ1n) is 7.32. The third-order valence-corrected chi connectivity index (χ3v) is 2.99. The predicted molar refractivity (Wildman–Crippen MR) is 85.4 cm³/mol. The molecule has 0 spiro atoms. The van der Waals surface area contributed by atoms with E-state index in [4.69, 9.17) is 10.00 Å². The Bertz CT molecular complexity index is 634. The summed E-state index contributed by atoms with van der Waals surface area (Å²) in [6.07, 6.45) is 0. The van der Waals surface area contributed by atoms with Gasteiger partial charge in [-0.05, 0) is 30.2 Å². The van der Waals surface area contributed by atoms with Crippen molar-refractivity contribution < 1.29 is 19.1 Å². The number of nitriles is 1. The molecular weight excluding hydrogens is 312 g/mol. The van der Waals surface area contributed by atoms with Crippen LogP contribution in [0.4, 0.5) is 0 Å². The van der Waals surface area contributed by atoms with Crippen molar-refractivity contribution in [1.82, 2.24) is 16.2 Å². The van der Waals surface area contributed by atoms with E-state index in [2.05, 4.69) is 16.2 Å². The standard InChI is InChI=1S/C16H20N4O4/c1-10(2)15(18-11(3)21)16(23)20-19-14(22)9-24-13-6-4-12(8-17)5-7-13/h4-7,10,15H,9H2,1-3H3,(H,18,21)(H,19,22)(H,20,23)/t15-/m0/s1. The summed E-state index contributed by atoms with van der Waals surface area (Å²) in [4.78, 5) is 34.7. The van der Waals surface area contributed by atoms with E-state index in [0.717, 1.165) is 0 Å². The highest BCUT2D eigenvalue weighted by atomic mass is 16.5. The summed E-state index contributed by atoms with van der Waals surface area (Å²) in [5.41, 5.74) is 4.95. The fraction of sp³-hybridized carbons (Fsp3) is 0.375. The van der Waals surface area contributed by atoms with Crippen molar-refractivity contribution in [3.8, 4) is 11.8 Å². The number of benzene rings is 1. The molecule has 0 unspecified atom stereocenters. The van der Waals surface area contributed by atoms with Gasteiger partial charge in [-0.3, -0.25) is 25.2 Å². The minimum absolute atomic E-state index is 0.138. The van der Waals surface area contributed by atoms with Crippen LogP contribution in [0.2, 0.25) is 0 Å². The Morgan fingerprint density at radius 1 is 1.17 bits per heavy atom. The molecule has 1 atom stereocenters. The molecule has 1 rings (SSSR count). The predicted octanol–water partition coefficient (Wildman–Crippen LogP) is 0.245. The first-order valence-corrected chi connectivity index (χ1v) is 7.32. The maximum atomic E-state index is 12.0. The quantitative estimate of drug-likeness (QED) is 0.645. The number of hydrazine groups is 1. The van der Waals surface area contributed by atoms with Gasteiger partial charge >= 0.3 is 0 Å². The van der Waals surface area contributed by atoms with Gasteiger partial charge in [-0.1, -0.05) is 13.8 Å². The summed E-state index contributed by atoms with van der Waals surface area (Å²) in [5, 5.41) is 11.2. The average molecular weight is 332 g/mol. The SMILES string of the molecule is CC(=O)N[C@H](C(=O)NNC(=O)COc1ccc(C#N)cc1)C(C)C.